The summed E-state index contributed by atoms with van der Waals surface area (Å²) < 4.78 is 175. The van der Waals surface area contributed by atoms with Crippen molar-refractivity contribution in [3.63, 3.8) is 0 Å². The van der Waals surface area contributed by atoms with E-state index in [4.69, 9.17) is 5.26 Å². The van der Waals surface area contributed by atoms with Crippen LogP contribution in [-0.2, 0) is 4.74 Å². The molecule has 0 bridgehead atoms. The van der Waals surface area contributed by atoms with Crippen molar-refractivity contribution in [2.75, 3.05) is 7.11 Å². The Balaban J connectivity index is 3.47. The summed E-state index contributed by atoms with van der Waals surface area (Å²) in [6.07, 6.45) is -12.4. The first-order valence-electron chi connectivity index (χ1n) is 7.70. The van der Waals surface area contributed by atoms with E-state index in [2.05, 4.69) is 4.74 Å². The van der Waals surface area contributed by atoms with Crippen LogP contribution < -0.4 is 0 Å². The number of alkyl halides is 13. The van der Waals surface area contributed by atoms with Crippen molar-refractivity contribution in [2.24, 2.45) is 0 Å². The molecular weight excluding hydrogens is 469 g/mol. The number of benzene rings is 1. The second kappa shape index (κ2) is 8.03. The van der Waals surface area contributed by atoms with Crippen LogP contribution in [0, 0.1) is 11.3 Å². The van der Waals surface area contributed by atoms with Gasteiger partial charge in [0.2, 0.25) is 0 Å². The lowest BCUT2D eigenvalue weighted by Crippen LogP contribution is -2.70. The standard InChI is InChI=1S/C16H10F13NO/c1-31-10(9-5-3-2-4-8(9)7-30)6-11(17,18)12(19,20)13(21,22)14(23,24)15(25,26)16(27,28)29/h2-5,10H,6H2,1H3. The van der Waals surface area contributed by atoms with Gasteiger partial charge in [-0.1, -0.05) is 18.2 Å². The molecule has 0 aliphatic rings. The van der Waals surface area contributed by atoms with Crippen LogP contribution in [0.2, 0.25) is 0 Å². The highest BCUT2D eigenvalue weighted by Gasteiger charge is 2.90. The Morgan fingerprint density at radius 3 is 1.65 bits per heavy atom. The van der Waals surface area contributed by atoms with Gasteiger partial charge >= 0.3 is 35.8 Å². The van der Waals surface area contributed by atoms with Gasteiger partial charge < -0.3 is 4.74 Å². The molecule has 0 amide bonds. The molecule has 15 heteroatoms. The number of ether oxygens (including phenoxy) is 1. The molecule has 1 rings (SSSR count). The Morgan fingerprint density at radius 1 is 0.774 bits per heavy atom. The first kappa shape index (κ1) is 26.8. The van der Waals surface area contributed by atoms with E-state index in [9.17, 15) is 57.1 Å². The zero-order valence-corrected chi connectivity index (χ0v) is 14.9. The molecule has 0 spiro atoms. The predicted molar refractivity (Wildman–Crippen MR) is 76.3 cm³/mol. The summed E-state index contributed by atoms with van der Waals surface area (Å²) in [5.41, 5.74) is -1.06. The van der Waals surface area contributed by atoms with E-state index in [-0.39, 0.29) is 0 Å². The summed E-state index contributed by atoms with van der Waals surface area (Å²) in [5, 5.41) is 8.87. The minimum atomic E-state index is -7.96. The van der Waals surface area contributed by atoms with E-state index >= 15 is 0 Å². The minimum absolute atomic E-state index is 0.478. The van der Waals surface area contributed by atoms with Crippen LogP contribution >= 0.6 is 0 Å². The average Bonchev–Trinajstić information content (AvgIpc) is 2.64. The number of halogens is 13. The van der Waals surface area contributed by atoms with Gasteiger partial charge in [0.25, 0.3) is 0 Å². The maximum atomic E-state index is 14.0. The summed E-state index contributed by atoms with van der Waals surface area (Å²) in [5.74, 6) is -37.3. The van der Waals surface area contributed by atoms with E-state index in [0.29, 0.717) is 7.11 Å². The van der Waals surface area contributed by atoms with Crippen molar-refractivity contribution in [2.45, 2.75) is 48.3 Å². The summed E-state index contributed by atoms with van der Waals surface area (Å²) in [6.45, 7) is 0. The van der Waals surface area contributed by atoms with Gasteiger partial charge in [-0.15, -0.1) is 0 Å². The van der Waals surface area contributed by atoms with Crippen molar-refractivity contribution in [1.29, 1.82) is 5.26 Å². The minimum Gasteiger partial charge on any atom is -0.376 e. The first-order chi connectivity index (χ1) is 13.7. The molecule has 0 radical (unpaired) electrons. The van der Waals surface area contributed by atoms with Gasteiger partial charge in [-0.2, -0.15) is 62.3 Å². The molecule has 0 saturated carbocycles. The molecular formula is C16H10F13NO. The Labute approximate surface area is 165 Å². The maximum absolute atomic E-state index is 14.0. The molecule has 1 aromatic carbocycles. The summed E-state index contributed by atoms with van der Waals surface area (Å²) >= 11 is 0. The van der Waals surface area contributed by atoms with E-state index in [1.165, 1.54) is 12.1 Å². The van der Waals surface area contributed by atoms with Crippen LogP contribution in [0.3, 0.4) is 0 Å². The van der Waals surface area contributed by atoms with Crippen LogP contribution in [0.1, 0.15) is 23.7 Å². The lowest BCUT2D eigenvalue weighted by molar-refractivity contribution is -0.440. The zero-order valence-electron chi connectivity index (χ0n) is 14.9. The normalized spacial score (nSPS) is 15.5. The zero-order chi connectivity index (χ0) is 24.7. The highest BCUT2D eigenvalue weighted by Crippen LogP contribution is 2.61. The molecule has 0 aliphatic carbocycles. The SMILES string of the molecule is COC(CC(F)(F)C(F)(F)C(F)(F)C(F)(F)C(F)(F)C(F)(F)F)c1ccccc1C#N. The van der Waals surface area contributed by atoms with Gasteiger partial charge in [-0.25, -0.2) is 0 Å². The second-order valence-corrected chi connectivity index (χ2v) is 6.13. The van der Waals surface area contributed by atoms with E-state index in [0.717, 1.165) is 18.2 Å². The largest absolute Gasteiger partial charge is 0.460 e. The Hall–Kier alpha value is -2.24. The fourth-order valence-corrected chi connectivity index (χ4v) is 2.36. The third kappa shape index (κ3) is 4.13. The Kier molecular flexibility index (Phi) is 6.94. The Bertz CT molecular complexity index is 826. The van der Waals surface area contributed by atoms with Crippen molar-refractivity contribution < 1.29 is 61.8 Å². The van der Waals surface area contributed by atoms with Gasteiger partial charge in [0, 0.05) is 13.5 Å². The quantitative estimate of drug-likeness (QED) is 0.406. The van der Waals surface area contributed by atoms with Crippen LogP contribution in [0.15, 0.2) is 24.3 Å². The molecule has 0 aliphatic heterocycles. The van der Waals surface area contributed by atoms with Crippen molar-refractivity contribution >= 4 is 0 Å². The number of methoxy groups -OCH3 is 1. The smallest absolute Gasteiger partial charge is 0.376 e. The molecule has 1 unspecified atom stereocenters. The maximum Gasteiger partial charge on any atom is 0.460 e. The van der Waals surface area contributed by atoms with Gasteiger partial charge in [-0.3, -0.25) is 0 Å². The van der Waals surface area contributed by atoms with Gasteiger partial charge in [0.15, 0.2) is 0 Å². The summed E-state index contributed by atoms with van der Waals surface area (Å²) in [4.78, 5) is 0. The van der Waals surface area contributed by atoms with Crippen LogP contribution in [-0.4, -0.2) is 42.9 Å². The molecule has 0 heterocycles. The molecule has 1 aromatic rings. The van der Waals surface area contributed by atoms with Gasteiger partial charge in [-0.05, 0) is 11.6 Å². The molecule has 0 N–H and O–H groups in total. The number of hydrogen-bond donors (Lipinski definition) is 0. The lowest BCUT2D eigenvalue weighted by atomic mass is 9.89. The highest BCUT2D eigenvalue weighted by molar-refractivity contribution is 5.39. The first-order valence-corrected chi connectivity index (χ1v) is 7.70. The third-order valence-electron chi connectivity index (χ3n) is 4.15. The molecule has 31 heavy (non-hydrogen) atoms. The summed E-state index contributed by atoms with van der Waals surface area (Å²) in [7, 11) is 0.581. The molecule has 176 valence electrons. The summed E-state index contributed by atoms with van der Waals surface area (Å²) in [6, 6.07) is 5.49. The number of nitriles is 1. The molecule has 0 aromatic heterocycles. The molecule has 0 saturated heterocycles. The number of nitrogens with zero attached hydrogens (tertiary/aromatic N) is 1. The van der Waals surface area contributed by atoms with Crippen molar-refractivity contribution in [3.05, 3.63) is 35.4 Å². The van der Waals surface area contributed by atoms with E-state index in [1.807, 2.05) is 0 Å². The third-order valence-corrected chi connectivity index (χ3v) is 4.15. The lowest BCUT2D eigenvalue weighted by Gasteiger charge is -2.40. The molecule has 1 atom stereocenters. The van der Waals surface area contributed by atoms with Crippen LogP contribution in [0.25, 0.3) is 0 Å². The molecule has 2 nitrogen and oxygen atoms in total. The van der Waals surface area contributed by atoms with E-state index < -0.39 is 59.4 Å². The van der Waals surface area contributed by atoms with Crippen molar-refractivity contribution in [3.8, 4) is 6.07 Å². The predicted octanol–water partition coefficient (Wildman–Crippen LogP) is 6.37. The van der Waals surface area contributed by atoms with Crippen LogP contribution in [0.4, 0.5) is 57.1 Å². The Morgan fingerprint density at radius 2 is 1.23 bits per heavy atom. The van der Waals surface area contributed by atoms with E-state index in [1.54, 1.807) is 0 Å². The number of rotatable bonds is 8. The van der Waals surface area contributed by atoms with Gasteiger partial charge in [0.1, 0.15) is 0 Å². The monoisotopic (exact) mass is 479 g/mol. The van der Waals surface area contributed by atoms with Crippen molar-refractivity contribution in [1.82, 2.24) is 0 Å². The second-order valence-electron chi connectivity index (χ2n) is 6.13. The fourth-order valence-electron chi connectivity index (χ4n) is 2.36. The fraction of sp³-hybridized carbons (Fsp3) is 0.562. The average molecular weight is 479 g/mol. The van der Waals surface area contributed by atoms with Gasteiger partial charge in [0.05, 0.1) is 17.7 Å². The molecule has 0 fully saturated rings. The van der Waals surface area contributed by atoms with Crippen LogP contribution in [0.5, 0.6) is 0 Å². The highest BCUT2D eigenvalue weighted by atomic mass is 19.4. The number of hydrogen-bond acceptors (Lipinski definition) is 2. The topological polar surface area (TPSA) is 33.0 Å².